The highest BCUT2D eigenvalue weighted by molar-refractivity contribution is 5.50. The number of ether oxygens (including phenoxy) is 1. The van der Waals surface area contributed by atoms with Crippen LogP contribution in [0.2, 0.25) is 0 Å². The third-order valence-corrected chi connectivity index (χ3v) is 13.5. The molecule has 0 spiro atoms. The Morgan fingerprint density at radius 3 is 1.18 bits per heavy atom. The van der Waals surface area contributed by atoms with Gasteiger partial charge >= 0.3 is 0 Å². The first-order valence-electron chi connectivity index (χ1n) is 25.0. The summed E-state index contributed by atoms with van der Waals surface area (Å²) in [5.74, 6) is 5.20. The fourth-order valence-corrected chi connectivity index (χ4v) is 9.74. The number of rotatable bonds is 33. The predicted molar refractivity (Wildman–Crippen MR) is 251 cm³/mol. The molecule has 1 aromatic heterocycles. The van der Waals surface area contributed by atoms with Gasteiger partial charge in [0.05, 0.1) is 6.10 Å². The fraction of sp³-hybridized carbons (Fsp3) is 0.940. The van der Waals surface area contributed by atoms with E-state index in [-0.39, 0.29) is 17.2 Å². The lowest BCUT2D eigenvalue weighted by Gasteiger charge is -2.55. The van der Waals surface area contributed by atoms with Crippen LogP contribution in [0, 0.1) is 23.7 Å². The smallest absolute Gasteiger partial charge is 0.232 e. The Labute approximate surface area is 356 Å². The number of hydrogen-bond donors (Lipinski definition) is 0. The first kappa shape index (κ1) is 51.5. The summed E-state index contributed by atoms with van der Waals surface area (Å²) in [6.07, 6.45) is 27.1. The quantitative estimate of drug-likeness (QED) is 0.0656. The van der Waals surface area contributed by atoms with E-state index in [1.165, 1.54) is 122 Å². The van der Waals surface area contributed by atoms with Gasteiger partial charge < -0.3 is 19.4 Å². The maximum absolute atomic E-state index is 6.67. The Morgan fingerprint density at radius 2 is 0.860 bits per heavy atom. The number of aromatic nitrogens is 3. The number of nitrogens with zero attached hydrogens (tertiary/aromatic N) is 6. The molecule has 4 atom stereocenters. The number of anilines is 3. The van der Waals surface area contributed by atoms with Crippen LogP contribution >= 0.6 is 0 Å². The van der Waals surface area contributed by atoms with Gasteiger partial charge in [-0.1, -0.05) is 159 Å². The lowest BCUT2D eigenvalue weighted by molar-refractivity contribution is -0.00887. The van der Waals surface area contributed by atoms with Gasteiger partial charge in [-0.05, 0) is 96.3 Å². The van der Waals surface area contributed by atoms with E-state index < -0.39 is 0 Å². The topological polar surface area (TPSA) is 57.6 Å². The van der Waals surface area contributed by atoms with Crippen LogP contribution in [0.25, 0.3) is 0 Å². The Kier molecular flexibility index (Phi) is 25.3. The average Bonchev–Trinajstić information content (AvgIpc) is 3.18. The van der Waals surface area contributed by atoms with Crippen molar-refractivity contribution in [3.8, 4) is 0 Å². The zero-order valence-electron chi connectivity index (χ0n) is 40.6. The van der Waals surface area contributed by atoms with Gasteiger partial charge in [0.1, 0.15) is 0 Å². The van der Waals surface area contributed by atoms with Gasteiger partial charge in [-0.2, -0.15) is 15.0 Å². The molecule has 4 unspecified atom stereocenters. The first-order chi connectivity index (χ1) is 27.4. The van der Waals surface area contributed by atoms with Crippen molar-refractivity contribution in [3.63, 3.8) is 0 Å². The molecule has 0 bridgehead atoms. The summed E-state index contributed by atoms with van der Waals surface area (Å²) in [7, 11) is 0. The highest BCUT2D eigenvalue weighted by Crippen LogP contribution is 2.43. The second-order valence-corrected chi connectivity index (χ2v) is 19.6. The zero-order valence-corrected chi connectivity index (χ0v) is 40.6. The molecule has 1 aromatic rings. The highest BCUT2D eigenvalue weighted by atomic mass is 16.5. The Hall–Kier alpha value is -1.63. The molecule has 57 heavy (non-hydrogen) atoms. The first-order valence-corrected chi connectivity index (χ1v) is 25.0. The third kappa shape index (κ3) is 17.9. The number of hydrogen-bond acceptors (Lipinski definition) is 7. The predicted octanol–water partition coefficient (Wildman–Crippen LogP) is 14.5. The maximum Gasteiger partial charge on any atom is 0.232 e. The van der Waals surface area contributed by atoms with Crippen LogP contribution < -0.4 is 14.7 Å². The summed E-state index contributed by atoms with van der Waals surface area (Å²) in [5, 5.41) is 0. The van der Waals surface area contributed by atoms with Gasteiger partial charge in [-0.15, -0.1) is 0 Å². The summed E-state index contributed by atoms with van der Waals surface area (Å²) in [6, 6.07) is 0. The lowest BCUT2D eigenvalue weighted by atomic mass is 9.78. The standard InChI is InChI=1S/C50H98N6O/c1-14-23-28-29-34-57-45-35-49(10,11)56(50(12,13)36-45)48-52-46(54(37-41(19-6)30-24-15-2)38-42(20-7)31-25-16-3)51-47(53-48)55(39-43(21-8)32-26-17-4)40-44(22-9)33-27-18-5/h41-45H,14-40H2,1-13H3. The van der Waals surface area contributed by atoms with Gasteiger partial charge in [0.25, 0.3) is 0 Å². The van der Waals surface area contributed by atoms with Crippen LogP contribution in [0.1, 0.15) is 231 Å². The van der Waals surface area contributed by atoms with E-state index in [9.17, 15) is 0 Å². The van der Waals surface area contributed by atoms with Crippen molar-refractivity contribution in [2.45, 2.75) is 248 Å². The molecule has 1 fully saturated rings. The molecule has 7 heteroatoms. The highest BCUT2D eigenvalue weighted by Gasteiger charge is 2.47. The molecular weight excluding hydrogens is 701 g/mol. The van der Waals surface area contributed by atoms with Crippen molar-refractivity contribution >= 4 is 17.8 Å². The van der Waals surface area contributed by atoms with Gasteiger partial charge in [0, 0.05) is 43.9 Å². The molecule has 0 saturated carbocycles. The van der Waals surface area contributed by atoms with E-state index in [4.69, 9.17) is 19.7 Å². The Morgan fingerprint density at radius 1 is 0.509 bits per heavy atom. The van der Waals surface area contributed by atoms with E-state index in [2.05, 4.69) is 105 Å². The normalized spacial score (nSPS) is 17.7. The van der Waals surface area contributed by atoms with Crippen molar-refractivity contribution in [3.05, 3.63) is 0 Å². The minimum atomic E-state index is -0.179. The van der Waals surface area contributed by atoms with E-state index in [1.807, 2.05) is 0 Å². The van der Waals surface area contributed by atoms with Crippen molar-refractivity contribution in [1.82, 2.24) is 15.0 Å². The van der Waals surface area contributed by atoms with Gasteiger partial charge in [-0.25, -0.2) is 0 Å². The second-order valence-electron chi connectivity index (χ2n) is 19.6. The van der Waals surface area contributed by atoms with Crippen molar-refractivity contribution < 1.29 is 4.74 Å². The van der Waals surface area contributed by atoms with Crippen molar-refractivity contribution in [2.75, 3.05) is 47.5 Å². The van der Waals surface area contributed by atoms with Gasteiger partial charge in [0.2, 0.25) is 17.8 Å². The van der Waals surface area contributed by atoms with Crippen LogP contribution in [0.15, 0.2) is 0 Å². The summed E-state index contributed by atoms with van der Waals surface area (Å²) < 4.78 is 6.67. The SMILES string of the molecule is CCCCCCOC1CC(C)(C)N(c2nc(N(CC(CC)CCCC)CC(CC)CCCC)nc(N(CC(CC)CCCC)CC(CC)CCCC)n2)C(C)(C)C1. The van der Waals surface area contributed by atoms with Crippen molar-refractivity contribution in [2.24, 2.45) is 23.7 Å². The summed E-state index contributed by atoms with van der Waals surface area (Å²) in [6.45, 7) is 35.7. The van der Waals surface area contributed by atoms with Crippen LogP contribution in [-0.4, -0.2) is 64.9 Å². The lowest BCUT2D eigenvalue weighted by Crippen LogP contribution is -2.63. The molecule has 2 rings (SSSR count). The molecule has 0 amide bonds. The molecule has 0 radical (unpaired) electrons. The molecule has 2 heterocycles. The van der Waals surface area contributed by atoms with E-state index >= 15 is 0 Å². The third-order valence-electron chi connectivity index (χ3n) is 13.5. The maximum atomic E-state index is 6.67. The van der Waals surface area contributed by atoms with Crippen molar-refractivity contribution in [1.29, 1.82) is 0 Å². The zero-order chi connectivity index (χ0) is 42.3. The Balaban J connectivity index is 2.84. The molecule has 0 aliphatic carbocycles. The molecule has 0 N–H and O–H groups in total. The largest absolute Gasteiger partial charge is 0.378 e. The minimum Gasteiger partial charge on any atom is -0.378 e. The monoisotopic (exact) mass is 799 g/mol. The molecule has 1 aliphatic heterocycles. The van der Waals surface area contributed by atoms with Crippen LogP contribution in [0.4, 0.5) is 17.8 Å². The molecule has 7 nitrogen and oxygen atoms in total. The van der Waals surface area contributed by atoms with Crippen LogP contribution in [-0.2, 0) is 4.74 Å². The Bertz CT molecular complexity index is 1050. The molecule has 334 valence electrons. The van der Waals surface area contributed by atoms with Gasteiger partial charge in [0.15, 0.2) is 0 Å². The molecule has 0 aromatic carbocycles. The number of unbranched alkanes of at least 4 members (excludes halogenated alkanes) is 7. The molecule has 1 aliphatic rings. The second kappa shape index (κ2) is 28.0. The summed E-state index contributed by atoms with van der Waals surface area (Å²) in [4.78, 5) is 24.8. The fourth-order valence-electron chi connectivity index (χ4n) is 9.74. The van der Waals surface area contributed by atoms with E-state index in [0.29, 0.717) is 23.7 Å². The molecule has 1 saturated heterocycles. The average molecular weight is 799 g/mol. The summed E-state index contributed by atoms with van der Waals surface area (Å²) >= 11 is 0. The van der Waals surface area contributed by atoms with E-state index in [1.54, 1.807) is 0 Å². The number of piperidine rings is 1. The molecular formula is C50H98N6O. The van der Waals surface area contributed by atoms with E-state index in [0.717, 1.165) is 69.9 Å². The minimum absolute atomic E-state index is 0.179. The van der Waals surface area contributed by atoms with Crippen LogP contribution in [0.3, 0.4) is 0 Å². The van der Waals surface area contributed by atoms with Gasteiger partial charge in [-0.3, -0.25) is 0 Å². The summed E-state index contributed by atoms with van der Waals surface area (Å²) in [5.41, 5.74) is -0.358. The van der Waals surface area contributed by atoms with Crippen LogP contribution in [0.5, 0.6) is 0 Å².